The summed E-state index contributed by atoms with van der Waals surface area (Å²) in [5.74, 6) is 0.737. The van der Waals surface area contributed by atoms with Crippen LogP contribution in [-0.2, 0) is 11.2 Å². The van der Waals surface area contributed by atoms with Gasteiger partial charge < -0.3 is 0 Å². The van der Waals surface area contributed by atoms with Crippen LogP contribution in [0, 0.1) is 0 Å². The number of carbonyl (C=O) groups is 1. The molecule has 3 aromatic rings. The zero-order valence-corrected chi connectivity index (χ0v) is 12.3. The van der Waals surface area contributed by atoms with Crippen molar-refractivity contribution in [2.75, 3.05) is 5.75 Å². The molecule has 0 amide bonds. The lowest BCUT2D eigenvalue weighted by molar-refractivity contribution is -0.115. The quantitative estimate of drug-likeness (QED) is 0.662. The van der Waals surface area contributed by atoms with Gasteiger partial charge in [0.15, 0.2) is 0 Å². The van der Waals surface area contributed by atoms with E-state index in [1.807, 2.05) is 60.7 Å². The first-order valence-corrected chi connectivity index (χ1v) is 7.84. The van der Waals surface area contributed by atoms with Crippen LogP contribution in [0.2, 0.25) is 0 Å². The maximum atomic E-state index is 12.2. The molecule has 0 atom stereocenters. The highest BCUT2D eigenvalue weighted by atomic mass is 32.2. The summed E-state index contributed by atoms with van der Waals surface area (Å²) in [6, 6.07) is 19.9. The summed E-state index contributed by atoms with van der Waals surface area (Å²) in [7, 11) is 0. The fourth-order valence-corrected chi connectivity index (χ4v) is 3.03. The van der Waals surface area contributed by atoms with Gasteiger partial charge in [-0.25, -0.2) is 0 Å². The number of carbonyl (C=O) groups excluding carboxylic acids is 1. The van der Waals surface area contributed by atoms with Crippen molar-refractivity contribution in [2.45, 2.75) is 11.3 Å². The van der Waals surface area contributed by atoms with E-state index in [-0.39, 0.29) is 5.78 Å². The van der Waals surface area contributed by atoms with Gasteiger partial charge in [0.1, 0.15) is 5.78 Å². The predicted molar refractivity (Wildman–Crippen MR) is 87.6 cm³/mol. The molecule has 0 saturated heterocycles. The molecule has 104 valence electrons. The summed E-state index contributed by atoms with van der Waals surface area (Å²) in [6.07, 6.45) is 2.23. The van der Waals surface area contributed by atoms with E-state index >= 15 is 0 Å². The zero-order valence-electron chi connectivity index (χ0n) is 11.5. The Morgan fingerprint density at radius 2 is 1.71 bits per heavy atom. The number of nitrogens with zero attached hydrogens (tertiary/aromatic N) is 1. The Kier molecular flexibility index (Phi) is 4.31. The van der Waals surface area contributed by atoms with Crippen LogP contribution in [0.3, 0.4) is 0 Å². The van der Waals surface area contributed by atoms with Gasteiger partial charge in [-0.1, -0.05) is 36.4 Å². The van der Waals surface area contributed by atoms with Gasteiger partial charge in [-0.15, -0.1) is 11.8 Å². The van der Waals surface area contributed by atoms with E-state index in [4.69, 9.17) is 0 Å². The Labute approximate surface area is 128 Å². The van der Waals surface area contributed by atoms with Gasteiger partial charge in [0, 0.05) is 22.9 Å². The number of hydrogen-bond donors (Lipinski definition) is 0. The monoisotopic (exact) mass is 293 g/mol. The van der Waals surface area contributed by atoms with Gasteiger partial charge in [-0.2, -0.15) is 0 Å². The van der Waals surface area contributed by atoms with Crippen LogP contribution in [0.15, 0.2) is 71.8 Å². The minimum atomic E-state index is 0.236. The molecule has 0 saturated carbocycles. The fraction of sp³-hybridized carbons (Fsp3) is 0.111. The molecule has 0 radical (unpaired) electrons. The van der Waals surface area contributed by atoms with Gasteiger partial charge in [0.25, 0.3) is 0 Å². The van der Waals surface area contributed by atoms with Crippen LogP contribution in [-0.4, -0.2) is 16.5 Å². The van der Waals surface area contributed by atoms with Crippen LogP contribution in [0.4, 0.5) is 0 Å². The molecule has 0 aliphatic heterocycles. The number of thioether (sulfide) groups is 1. The lowest BCUT2D eigenvalue weighted by Gasteiger charge is -2.05. The van der Waals surface area contributed by atoms with Crippen molar-refractivity contribution in [3.8, 4) is 0 Å². The molecule has 0 aliphatic rings. The van der Waals surface area contributed by atoms with Crippen molar-refractivity contribution in [1.82, 2.24) is 4.98 Å². The van der Waals surface area contributed by atoms with Crippen LogP contribution in [0.25, 0.3) is 10.9 Å². The number of para-hydroxylation sites is 1. The number of aromatic nitrogens is 1. The Bertz CT molecular complexity index is 750. The summed E-state index contributed by atoms with van der Waals surface area (Å²) in [4.78, 5) is 17.6. The standard InChI is InChI=1S/C18H15NOS/c20-15(13-21-16-6-2-1-3-7-16)12-14-10-11-19-18-9-5-4-8-17(14)18/h1-11H,12-13H2. The second kappa shape index (κ2) is 6.55. The second-order valence-electron chi connectivity index (χ2n) is 4.80. The molecule has 0 unspecified atom stereocenters. The molecular formula is C18H15NOS. The van der Waals surface area contributed by atoms with Crippen molar-refractivity contribution < 1.29 is 4.79 Å². The Morgan fingerprint density at radius 1 is 0.952 bits per heavy atom. The molecule has 1 heterocycles. The van der Waals surface area contributed by atoms with Crippen LogP contribution >= 0.6 is 11.8 Å². The molecule has 3 rings (SSSR count). The summed E-state index contributed by atoms with van der Waals surface area (Å²) in [5.41, 5.74) is 2.00. The van der Waals surface area contributed by atoms with Crippen LogP contribution in [0.1, 0.15) is 5.56 Å². The van der Waals surface area contributed by atoms with Crippen molar-refractivity contribution >= 4 is 28.4 Å². The number of Topliss-reactive ketones (excluding diaryl/α,β-unsaturated/α-hetero) is 1. The van der Waals surface area contributed by atoms with Crippen molar-refractivity contribution in [3.05, 3.63) is 72.4 Å². The number of ketones is 1. The van der Waals surface area contributed by atoms with Gasteiger partial charge in [-0.3, -0.25) is 9.78 Å². The van der Waals surface area contributed by atoms with E-state index in [2.05, 4.69) is 4.98 Å². The van der Waals surface area contributed by atoms with Gasteiger partial charge in [0.05, 0.1) is 11.3 Å². The van der Waals surface area contributed by atoms with E-state index in [0.717, 1.165) is 21.4 Å². The second-order valence-corrected chi connectivity index (χ2v) is 5.85. The summed E-state index contributed by atoms with van der Waals surface area (Å²) in [6.45, 7) is 0. The number of hydrogen-bond acceptors (Lipinski definition) is 3. The van der Waals surface area contributed by atoms with E-state index in [0.29, 0.717) is 12.2 Å². The van der Waals surface area contributed by atoms with Crippen molar-refractivity contribution in [2.24, 2.45) is 0 Å². The molecule has 3 heteroatoms. The minimum Gasteiger partial charge on any atom is -0.298 e. The Balaban J connectivity index is 1.69. The summed E-state index contributed by atoms with van der Waals surface area (Å²) >= 11 is 1.59. The van der Waals surface area contributed by atoms with Crippen LogP contribution in [0.5, 0.6) is 0 Å². The topological polar surface area (TPSA) is 30.0 Å². The third-order valence-corrected chi connectivity index (χ3v) is 4.34. The fourth-order valence-electron chi connectivity index (χ4n) is 2.25. The molecule has 21 heavy (non-hydrogen) atoms. The molecule has 0 aliphatic carbocycles. The van der Waals surface area contributed by atoms with E-state index in [1.54, 1.807) is 18.0 Å². The Morgan fingerprint density at radius 3 is 2.57 bits per heavy atom. The highest BCUT2D eigenvalue weighted by Gasteiger charge is 2.08. The first-order valence-electron chi connectivity index (χ1n) is 6.85. The predicted octanol–water partition coefficient (Wildman–Crippen LogP) is 4.14. The normalized spacial score (nSPS) is 10.7. The maximum absolute atomic E-state index is 12.2. The summed E-state index contributed by atoms with van der Waals surface area (Å²) < 4.78 is 0. The third-order valence-electron chi connectivity index (χ3n) is 3.27. The van der Waals surface area contributed by atoms with E-state index in [1.165, 1.54) is 0 Å². The lowest BCUT2D eigenvalue weighted by Crippen LogP contribution is -2.06. The molecule has 0 N–H and O–H groups in total. The highest BCUT2D eigenvalue weighted by Crippen LogP contribution is 2.20. The Hall–Kier alpha value is -2.13. The molecule has 0 fully saturated rings. The number of benzene rings is 2. The van der Waals surface area contributed by atoms with E-state index < -0.39 is 0 Å². The molecule has 0 spiro atoms. The van der Waals surface area contributed by atoms with E-state index in [9.17, 15) is 4.79 Å². The first kappa shape index (κ1) is 13.8. The number of rotatable bonds is 5. The average molecular weight is 293 g/mol. The molecule has 2 nitrogen and oxygen atoms in total. The van der Waals surface area contributed by atoms with Crippen molar-refractivity contribution in [1.29, 1.82) is 0 Å². The van der Waals surface area contributed by atoms with Gasteiger partial charge >= 0.3 is 0 Å². The summed E-state index contributed by atoms with van der Waals surface area (Å²) in [5, 5.41) is 1.07. The van der Waals surface area contributed by atoms with Gasteiger partial charge in [0.2, 0.25) is 0 Å². The highest BCUT2D eigenvalue weighted by molar-refractivity contribution is 8.00. The molecule has 0 bridgehead atoms. The maximum Gasteiger partial charge on any atom is 0.147 e. The first-order chi connectivity index (χ1) is 10.3. The lowest BCUT2D eigenvalue weighted by atomic mass is 10.0. The van der Waals surface area contributed by atoms with Crippen LogP contribution < -0.4 is 0 Å². The molecule has 2 aromatic carbocycles. The minimum absolute atomic E-state index is 0.236. The smallest absolute Gasteiger partial charge is 0.147 e. The average Bonchev–Trinajstić information content (AvgIpc) is 2.54. The number of pyridine rings is 1. The van der Waals surface area contributed by atoms with Crippen molar-refractivity contribution in [3.63, 3.8) is 0 Å². The third kappa shape index (κ3) is 3.50. The van der Waals surface area contributed by atoms with Gasteiger partial charge in [-0.05, 0) is 29.8 Å². The zero-order chi connectivity index (χ0) is 14.5. The molecular weight excluding hydrogens is 278 g/mol. The number of fused-ring (bicyclic) bond motifs is 1. The SMILES string of the molecule is O=C(CSc1ccccc1)Cc1ccnc2ccccc12. The largest absolute Gasteiger partial charge is 0.298 e. The molecule has 1 aromatic heterocycles.